The molecule has 1 aliphatic heterocycles. The second kappa shape index (κ2) is 9.94. The van der Waals surface area contributed by atoms with E-state index in [1.165, 1.54) is 24.7 Å². The van der Waals surface area contributed by atoms with Gasteiger partial charge in [0, 0.05) is 30.4 Å². The zero-order chi connectivity index (χ0) is 25.0. The maximum atomic E-state index is 13.2. The number of pyridine rings is 1. The van der Waals surface area contributed by atoms with E-state index in [9.17, 15) is 9.18 Å². The van der Waals surface area contributed by atoms with Crippen molar-refractivity contribution in [2.45, 2.75) is 25.3 Å². The Balaban J connectivity index is 1.64. The third kappa shape index (κ3) is 5.14. The lowest BCUT2D eigenvalue weighted by atomic mass is 9.91. The largest absolute Gasteiger partial charge is 0.382 e. The maximum Gasteiger partial charge on any atom is 0.279 e. The molecule has 0 saturated carbocycles. The minimum Gasteiger partial charge on any atom is -0.382 e. The normalized spacial score (nSPS) is 15.2. The van der Waals surface area contributed by atoms with Crippen molar-refractivity contribution < 1.29 is 9.18 Å². The van der Waals surface area contributed by atoms with Gasteiger partial charge in [0.2, 0.25) is 0 Å². The van der Waals surface area contributed by atoms with Crippen LogP contribution in [-0.4, -0.2) is 49.5 Å². The van der Waals surface area contributed by atoms with Crippen LogP contribution in [0.5, 0.6) is 0 Å². The second-order valence-electron chi connectivity index (χ2n) is 8.47. The van der Waals surface area contributed by atoms with Gasteiger partial charge in [-0.1, -0.05) is 12.7 Å². The molecule has 35 heavy (non-hydrogen) atoms. The summed E-state index contributed by atoms with van der Waals surface area (Å²) in [5.74, 6) is -0.247. The van der Waals surface area contributed by atoms with Crippen LogP contribution in [0.4, 0.5) is 21.7 Å². The van der Waals surface area contributed by atoms with Crippen molar-refractivity contribution >= 4 is 35.4 Å². The first-order valence-electron chi connectivity index (χ1n) is 11.0. The molecule has 180 valence electrons. The second-order valence-corrected chi connectivity index (χ2v) is 8.47. The number of halogens is 1. The first-order valence-corrected chi connectivity index (χ1v) is 11.0. The van der Waals surface area contributed by atoms with E-state index in [0.717, 1.165) is 31.6 Å². The predicted octanol–water partition coefficient (Wildman–Crippen LogP) is 3.06. The van der Waals surface area contributed by atoms with Gasteiger partial charge in [-0.05, 0) is 38.0 Å². The summed E-state index contributed by atoms with van der Waals surface area (Å²) in [6.07, 6.45) is 8.91. The quantitative estimate of drug-likeness (QED) is 0.489. The summed E-state index contributed by atoms with van der Waals surface area (Å²) >= 11 is 0. The van der Waals surface area contributed by atoms with Gasteiger partial charge in [-0.25, -0.2) is 29.3 Å². The fourth-order valence-corrected chi connectivity index (χ4v) is 3.86. The Morgan fingerprint density at radius 3 is 2.74 bits per heavy atom. The molecular weight excluding hydrogens is 449 g/mol. The van der Waals surface area contributed by atoms with Gasteiger partial charge in [0.1, 0.15) is 17.7 Å². The molecule has 1 saturated heterocycles. The highest BCUT2D eigenvalue weighted by molar-refractivity contribution is 6.06. The SMILES string of the molecule is C=Cc1c(/C=C\F)ncnc1-c1cnc(N)c(C(=O)Nc2ncccc2N2CCC(C)(N)CC2)n1. The average molecular weight is 476 g/mol. The highest BCUT2D eigenvalue weighted by Gasteiger charge is 2.28. The van der Waals surface area contributed by atoms with E-state index in [-0.39, 0.29) is 22.7 Å². The zero-order valence-corrected chi connectivity index (χ0v) is 19.3. The van der Waals surface area contributed by atoms with Crippen molar-refractivity contribution in [2.75, 3.05) is 29.0 Å². The molecule has 0 aliphatic carbocycles. The van der Waals surface area contributed by atoms with Crippen LogP contribution < -0.4 is 21.7 Å². The van der Waals surface area contributed by atoms with Crippen molar-refractivity contribution in [3.63, 3.8) is 0 Å². The Morgan fingerprint density at radius 1 is 1.26 bits per heavy atom. The van der Waals surface area contributed by atoms with Gasteiger partial charge in [-0.2, -0.15) is 0 Å². The number of hydrogen-bond acceptors (Lipinski definition) is 9. The van der Waals surface area contributed by atoms with E-state index in [1.807, 2.05) is 19.1 Å². The number of piperidine rings is 1. The minimum absolute atomic E-state index is 0.0568. The number of carbonyl (C=O) groups excluding carboxylic acids is 1. The molecule has 1 aliphatic rings. The van der Waals surface area contributed by atoms with Gasteiger partial charge < -0.3 is 21.7 Å². The molecule has 0 atom stereocenters. The number of nitrogens with zero attached hydrogens (tertiary/aromatic N) is 6. The molecule has 0 aromatic carbocycles. The Labute approximate surface area is 202 Å². The molecule has 0 spiro atoms. The summed E-state index contributed by atoms with van der Waals surface area (Å²) in [5.41, 5.74) is 14.1. The molecule has 0 radical (unpaired) electrons. The van der Waals surface area contributed by atoms with Crippen LogP contribution in [0.15, 0.2) is 43.8 Å². The molecule has 0 bridgehead atoms. The van der Waals surface area contributed by atoms with Gasteiger partial charge in [0.05, 0.1) is 23.9 Å². The molecular formula is C24H26FN9O. The number of aromatic nitrogens is 5. The first kappa shape index (κ1) is 23.9. The van der Waals surface area contributed by atoms with E-state index in [0.29, 0.717) is 29.1 Å². The lowest BCUT2D eigenvalue weighted by Gasteiger charge is -2.38. The van der Waals surface area contributed by atoms with Gasteiger partial charge in [0.15, 0.2) is 17.3 Å². The fraction of sp³-hybridized carbons (Fsp3) is 0.250. The zero-order valence-electron chi connectivity index (χ0n) is 19.3. The molecule has 3 aromatic rings. The third-order valence-electron chi connectivity index (χ3n) is 5.86. The summed E-state index contributed by atoms with van der Waals surface area (Å²) in [5, 5.41) is 2.81. The number of nitrogen functional groups attached to an aromatic ring is 1. The molecule has 1 amide bonds. The van der Waals surface area contributed by atoms with Crippen LogP contribution in [0.2, 0.25) is 0 Å². The molecule has 3 aromatic heterocycles. The van der Waals surface area contributed by atoms with Crippen LogP contribution in [0, 0.1) is 0 Å². The Kier molecular flexibility index (Phi) is 6.78. The summed E-state index contributed by atoms with van der Waals surface area (Å²) in [6.45, 7) is 7.27. The summed E-state index contributed by atoms with van der Waals surface area (Å²) in [7, 11) is 0. The summed E-state index contributed by atoms with van der Waals surface area (Å²) in [6, 6.07) is 3.70. The Hall–Kier alpha value is -4.25. The Morgan fingerprint density at radius 2 is 2.03 bits per heavy atom. The summed E-state index contributed by atoms with van der Waals surface area (Å²) in [4.78, 5) is 36.5. The van der Waals surface area contributed by atoms with E-state index in [1.54, 1.807) is 6.20 Å². The lowest BCUT2D eigenvalue weighted by molar-refractivity contribution is 0.102. The predicted molar refractivity (Wildman–Crippen MR) is 134 cm³/mol. The summed E-state index contributed by atoms with van der Waals surface area (Å²) < 4.78 is 12.8. The van der Waals surface area contributed by atoms with Crippen molar-refractivity contribution in [3.8, 4) is 11.4 Å². The number of rotatable bonds is 6. The van der Waals surface area contributed by atoms with Gasteiger partial charge in [-0.3, -0.25) is 4.79 Å². The minimum atomic E-state index is -0.574. The number of amides is 1. The molecule has 1 fully saturated rings. The molecule has 4 heterocycles. The first-order chi connectivity index (χ1) is 16.8. The van der Waals surface area contributed by atoms with E-state index >= 15 is 0 Å². The van der Waals surface area contributed by atoms with E-state index in [4.69, 9.17) is 11.5 Å². The van der Waals surface area contributed by atoms with Crippen LogP contribution in [0.25, 0.3) is 23.5 Å². The smallest absolute Gasteiger partial charge is 0.279 e. The molecule has 4 rings (SSSR count). The number of hydrogen-bond donors (Lipinski definition) is 3. The number of nitrogens with one attached hydrogen (secondary N) is 1. The van der Waals surface area contributed by atoms with Gasteiger partial charge >= 0.3 is 0 Å². The molecule has 5 N–H and O–H groups in total. The van der Waals surface area contributed by atoms with Crippen LogP contribution in [-0.2, 0) is 0 Å². The van der Waals surface area contributed by atoms with Crippen LogP contribution in [0.3, 0.4) is 0 Å². The maximum absolute atomic E-state index is 13.2. The number of carbonyl (C=O) groups is 1. The van der Waals surface area contributed by atoms with E-state index < -0.39 is 5.91 Å². The van der Waals surface area contributed by atoms with E-state index in [2.05, 4.69) is 41.7 Å². The van der Waals surface area contributed by atoms with Crippen LogP contribution in [0.1, 0.15) is 41.5 Å². The van der Waals surface area contributed by atoms with Crippen molar-refractivity contribution in [2.24, 2.45) is 5.73 Å². The van der Waals surface area contributed by atoms with Crippen molar-refractivity contribution in [3.05, 3.63) is 60.7 Å². The van der Waals surface area contributed by atoms with Crippen molar-refractivity contribution in [1.82, 2.24) is 24.9 Å². The molecule has 11 heteroatoms. The number of anilines is 3. The highest BCUT2D eigenvalue weighted by atomic mass is 19.1. The standard InChI is InChI=1S/C24H26FN9O/c1-3-15-16(6-9-25)30-14-31-19(15)17-13-29-21(26)20(32-17)23(35)33-22-18(5-4-10-28-22)34-11-7-24(2,27)8-12-34/h3-6,9-10,13-14H,1,7-8,11-12,27H2,2H3,(H2,26,29)(H,28,33,35)/b9-6-. The monoisotopic (exact) mass is 475 g/mol. The Bertz CT molecular complexity index is 1280. The molecule has 10 nitrogen and oxygen atoms in total. The number of nitrogens with two attached hydrogens (primary N) is 2. The fourth-order valence-electron chi connectivity index (χ4n) is 3.86. The molecule has 0 unspecified atom stereocenters. The third-order valence-corrected chi connectivity index (χ3v) is 5.86. The van der Waals surface area contributed by atoms with Gasteiger partial charge in [-0.15, -0.1) is 0 Å². The van der Waals surface area contributed by atoms with Gasteiger partial charge in [0.25, 0.3) is 5.91 Å². The average Bonchev–Trinajstić information content (AvgIpc) is 2.85. The lowest BCUT2D eigenvalue weighted by Crippen LogP contribution is -2.48. The topological polar surface area (TPSA) is 149 Å². The highest BCUT2D eigenvalue weighted by Crippen LogP contribution is 2.30. The van der Waals surface area contributed by atoms with Crippen LogP contribution >= 0.6 is 0 Å². The van der Waals surface area contributed by atoms with Crippen molar-refractivity contribution in [1.29, 1.82) is 0 Å².